The van der Waals surface area contributed by atoms with Crippen molar-refractivity contribution in [3.63, 3.8) is 0 Å². The monoisotopic (exact) mass is 317 g/mol. The lowest BCUT2D eigenvalue weighted by Crippen LogP contribution is -2.49. The molecule has 1 N–H and O–H groups in total. The number of hydrogen-bond acceptors (Lipinski definition) is 3. The number of alkyl halides is 3. The number of hydrogen-bond donors (Lipinski definition) is 1. The summed E-state index contributed by atoms with van der Waals surface area (Å²) in [6, 6.07) is -0.469. The molecule has 0 aliphatic heterocycles. The van der Waals surface area contributed by atoms with Crippen LogP contribution in [0.3, 0.4) is 0 Å². The van der Waals surface area contributed by atoms with Crippen molar-refractivity contribution in [1.29, 1.82) is 0 Å². The van der Waals surface area contributed by atoms with E-state index >= 15 is 0 Å². The summed E-state index contributed by atoms with van der Waals surface area (Å²) in [5, 5.41) is 2.56. The van der Waals surface area contributed by atoms with Gasteiger partial charge in [-0.15, -0.1) is 6.58 Å². The second kappa shape index (κ2) is 8.23. The molecule has 18 heavy (non-hydrogen) atoms. The first-order chi connectivity index (χ1) is 8.23. The molecule has 0 saturated heterocycles. The Bertz CT molecular complexity index is 279. The lowest BCUT2D eigenvalue weighted by atomic mass is 9.99. The molecule has 0 saturated carbocycles. The fraction of sp³-hybridized carbons (Fsp3) is 0.727. The molecule has 0 aromatic rings. The zero-order valence-electron chi connectivity index (χ0n) is 10.6. The number of rotatable bonds is 7. The first kappa shape index (κ1) is 18.0. The van der Waals surface area contributed by atoms with Gasteiger partial charge in [0.2, 0.25) is 0 Å². The van der Waals surface area contributed by atoms with Gasteiger partial charge in [-0.3, -0.25) is 4.79 Å². The summed E-state index contributed by atoms with van der Waals surface area (Å²) in [7, 11) is 1.51. The van der Waals surface area contributed by atoms with Gasteiger partial charge in [0.05, 0.1) is 12.1 Å². The Morgan fingerprint density at radius 3 is 2.33 bits per heavy atom. The molecule has 106 valence electrons. The molecular weight excluding hydrogens is 300 g/mol. The molecule has 0 unspecified atom stereocenters. The Morgan fingerprint density at radius 2 is 2.00 bits per heavy atom. The van der Waals surface area contributed by atoms with Crippen molar-refractivity contribution in [2.24, 2.45) is 5.92 Å². The normalized spacial score (nSPS) is 15.3. The Balaban J connectivity index is 4.70. The smallest absolute Gasteiger partial charge is 0.272 e. The van der Waals surface area contributed by atoms with Crippen LogP contribution >= 0.6 is 34.8 Å². The number of carbonyl (C=O) groups is 1. The number of nitrogens with one attached hydrogen (secondary N) is 1. The van der Waals surface area contributed by atoms with E-state index in [1.165, 1.54) is 13.2 Å². The number of methoxy groups -OCH3 is 1. The van der Waals surface area contributed by atoms with Crippen molar-refractivity contribution < 1.29 is 14.3 Å². The molecule has 0 aliphatic rings. The van der Waals surface area contributed by atoms with Gasteiger partial charge >= 0.3 is 0 Å². The molecule has 0 aliphatic carbocycles. The van der Waals surface area contributed by atoms with Crippen LogP contribution in [-0.4, -0.2) is 35.7 Å². The maximum Gasteiger partial charge on any atom is 0.272 e. The summed E-state index contributed by atoms with van der Waals surface area (Å²) in [6.45, 7) is 7.64. The lowest BCUT2D eigenvalue weighted by molar-refractivity contribution is -0.125. The van der Waals surface area contributed by atoms with Crippen LogP contribution in [0.1, 0.15) is 13.8 Å². The molecule has 0 rings (SSSR count). The average Bonchev–Trinajstić information content (AvgIpc) is 2.25. The molecule has 2 atom stereocenters. The highest BCUT2D eigenvalue weighted by atomic mass is 35.6. The van der Waals surface area contributed by atoms with Crippen LogP contribution in [-0.2, 0) is 14.3 Å². The number of carbonyl (C=O) groups excluding carboxylic acids is 1. The van der Waals surface area contributed by atoms with Crippen LogP contribution in [0.2, 0.25) is 0 Å². The van der Waals surface area contributed by atoms with Crippen molar-refractivity contribution in [3.8, 4) is 0 Å². The van der Waals surface area contributed by atoms with E-state index in [4.69, 9.17) is 44.3 Å². The molecule has 0 radical (unpaired) electrons. The third-order valence-corrected chi connectivity index (χ3v) is 2.71. The van der Waals surface area contributed by atoms with E-state index in [-0.39, 0.29) is 18.8 Å². The molecule has 1 amide bonds. The minimum Gasteiger partial charge on any atom is -0.359 e. The quantitative estimate of drug-likeness (QED) is 0.446. The summed E-state index contributed by atoms with van der Waals surface area (Å²) in [4.78, 5) is 11.6. The number of ether oxygens (including phenoxy) is 2. The first-order valence-electron chi connectivity index (χ1n) is 5.34. The van der Waals surface area contributed by atoms with Crippen molar-refractivity contribution in [2.75, 3.05) is 13.9 Å². The van der Waals surface area contributed by atoms with E-state index in [0.717, 1.165) is 0 Å². The van der Waals surface area contributed by atoms with Gasteiger partial charge < -0.3 is 14.8 Å². The lowest BCUT2D eigenvalue weighted by Gasteiger charge is -2.29. The van der Waals surface area contributed by atoms with E-state index in [9.17, 15) is 4.79 Å². The summed E-state index contributed by atoms with van der Waals surface area (Å²) in [5.41, 5.74) is 0. The predicted octanol–water partition coefficient (Wildman–Crippen LogP) is 2.67. The predicted molar refractivity (Wildman–Crippen MR) is 74.0 cm³/mol. The minimum absolute atomic E-state index is 0.108. The Labute approximate surface area is 123 Å². The van der Waals surface area contributed by atoms with Gasteiger partial charge in [-0.25, -0.2) is 0 Å². The molecule has 0 bridgehead atoms. The molecule has 0 aromatic carbocycles. The molecule has 4 nitrogen and oxygen atoms in total. The number of halogens is 3. The van der Waals surface area contributed by atoms with Crippen LogP contribution < -0.4 is 5.32 Å². The first-order valence-corrected chi connectivity index (χ1v) is 6.48. The van der Waals surface area contributed by atoms with Gasteiger partial charge in [0.15, 0.2) is 0 Å². The standard InChI is InChI=1S/C11H18Cl3NO3/c1-5-8(15-10(16)11(12,13)14)9(7(2)3)18-6-17-4/h5,7-9H,1,6H2,2-4H3,(H,15,16)/t8-,9-/m0/s1. The summed E-state index contributed by atoms with van der Waals surface area (Å²) >= 11 is 16.5. The minimum atomic E-state index is -2.01. The van der Waals surface area contributed by atoms with Crippen LogP contribution in [0.25, 0.3) is 0 Å². The van der Waals surface area contributed by atoms with E-state index in [1.54, 1.807) is 0 Å². The summed E-state index contributed by atoms with van der Waals surface area (Å²) in [6.07, 6.45) is 1.22. The number of amides is 1. The molecule has 0 heterocycles. The summed E-state index contributed by atoms with van der Waals surface area (Å²) < 4.78 is 8.31. The molecule has 0 fully saturated rings. The van der Waals surface area contributed by atoms with Crippen LogP contribution in [0.5, 0.6) is 0 Å². The van der Waals surface area contributed by atoms with Gasteiger partial charge in [-0.1, -0.05) is 54.7 Å². The van der Waals surface area contributed by atoms with Crippen molar-refractivity contribution in [1.82, 2.24) is 5.32 Å². The summed E-state index contributed by atoms with van der Waals surface area (Å²) in [5.74, 6) is -0.595. The largest absolute Gasteiger partial charge is 0.359 e. The van der Waals surface area contributed by atoms with Crippen LogP contribution in [0.15, 0.2) is 12.7 Å². The van der Waals surface area contributed by atoms with E-state index in [0.29, 0.717) is 0 Å². The highest BCUT2D eigenvalue weighted by molar-refractivity contribution is 6.76. The third-order valence-electron chi connectivity index (χ3n) is 2.20. The van der Waals surface area contributed by atoms with Gasteiger partial charge in [-0.2, -0.15) is 0 Å². The molecular formula is C11H18Cl3NO3. The van der Waals surface area contributed by atoms with Crippen molar-refractivity contribution in [3.05, 3.63) is 12.7 Å². The van der Waals surface area contributed by atoms with E-state index < -0.39 is 15.7 Å². The van der Waals surface area contributed by atoms with E-state index in [1.807, 2.05) is 13.8 Å². The molecule has 0 spiro atoms. The Hall–Kier alpha value is -0.0000000000000000416. The van der Waals surface area contributed by atoms with Crippen molar-refractivity contribution >= 4 is 40.7 Å². The molecule has 0 aromatic heterocycles. The van der Waals surface area contributed by atoms with Crippen LogP contribution in [0, 0.1) is 5.92 Å². The highest BCUT2D eigenvalue weighted by Gasteiger charge is 2.34. The maximum absolute atomic E-state index is 11.6. The van der Waals surface area contributed by atoms with Gasteiger partial charge in [0, 0.05) is 7.11 Å². The maximum atomic E-state index is 11.6. The molecule has 7 heteroatoms. The SMILES string of the molecule is C=C[C@H](NC(=O)C(Cl)(Cl)Cl)[C@@H](OCOC)C(C)C. The van der Waals surface area contributed by atoms with Gasteiger partial charge in [-0.05, 0) is 5.92 Å². The second-order valence-electron chi connectivity index (χ2n) is 4.01. The fourth-order valence-corrected chi connectivity index (χ4v) is 1.53. The van der Waals surface area contributed by atoms with Gasteiger partial charge in [0.1, 0.15) is 6.79 Å². The Morgan fingerprint density at radius 1 is 1.44 bits per heavy atom. The van der Waals surface area contributed by atoms with E-state index in [2.05, 4.69) is 11.9 Å². The highest BCUT2D eigenvalue weighted by Crippen LogP contribution is 2.26. The van der Waals surface area contributed by atoms with Crippen LogP contribution in [0.4, 0.5) is 0 Å². The average molecular weight is 319 g/mol. The zero-order chi connectivity index (χ0) is 14.3. The van der Waals surface area contributed by atoms with Crippen molar-refractivity contribution in [2.45, 2.75) is 29.8 Å². The fourth-order valence-electron chi connectivity index (χ4n) is 1.37. The zero-order valence-corrected chi connectivity index (χ0v) is 12.9. The topological polar surface area (TPSA) is 47.6 Å². The van der Waals surface area contributed by atoms with Gasteiger partial charge in [0.25, 0.3) is 9.70 Å². The third kappa shape index (κ3) is 6.25. The Kier molecular flexibility index (Phi) is 8.23. The second-order valence-corrected chi connectivity index (χ2v) is 6.30.